The van der Waals surface area contributed by atoms with Crippen LogP contribution in [0, 0.1) is 11.3 Å². The summed E-state index contributed by atoms with van der Waals surface area (Å²) < 4.78 is 21.2. The number of allylic oxidation sites excluding steroid dienone is 1. The molecular weight excluding hydrogens is 494 g/mol. The second kappa shape index (κ2) is 16.5. The maximum Gasteiger partial charge on any atom is 0.234 e. The van der Waals surface area contributed by atoms with Crippen LogP contribution in [0.25, 0.3) is 6.08 Å². The molecule has 0 saturated carbocycles. The SMILES string of the molecule is COc1ccc(C=C(C#N)Cc2sc(OC)c(OC)c2OC)cc1N.Cl.NCCC[C@H](N)C(N)=O. The minimum absolute atomic E-state index is 0. The van der Waals surface area contributed by atoms with E-state index in [1.54, 1.807) is 46.6 Å². The van der Waals surface area contributed by atoms with E-state index in [-0.39, 0.29) is 12.4 Å². The molecule has 0 bridgehead atoms. The lowest BCUT2D eigenvalue weighted by molar-refractivity contribution is -0.119. The molecule has 0 saturated heterocycles. The lowest BCUT2D eigenvalue weighted by Crippen LogP contribution is -2.36. The number of benzene rings is 1. The van der Waals surface area contributed by atoms with E-state index in [4.69, 9.17) is 41.9 Å². The summed E-state index contributed by atoms with van der Waals surface area (Å²) in [6, 6.07) is 7.09. The predicted molar refractivity (Wildman–Crippen MR) is 141 cm³/mol. The molecule has 0 radical (unpaired) electrons. The number of ether oxygens (including phenoxy) is 4. The maximum absolute atomic E-state index is 10.3. The van der Waals surface area contributed by atoms with Gasteiger partial charge in [0.15, 0.2) is 5.75 Å². The van der Waals surface area contributed by atoms with Crippen molar-refractivity contribution in [3.63, 3.8) is 0 Å². The van der Waals surface area contributed by atoms with E-state index < -0.39 is 11.9 Å². The Balaban J connectivity index is 0.000000989. The Kier molecular flexibility index (Phi) is 15.0. The number of carbonyl (C=O) groups is 1. The van der Waals surface area contributed by atoms with Crippen molar-refractivity contribution in [3.8, 4) is 28.4 Å². The van der Waals surface area contributed by atoms with E-state index in [2.05, 4.69) is 6.07 Å². The third-order valence-corrected chi connectivity index (χ3v) is 5.74. The molecule has 10 nitrogen and oxygen atoms in total. The average Bonchev–Trinajstić information content (AvgIpc) is 3.18. The highest BCUT2D eigenvalue weighted by molar-refractivity contribution is 7.14. The molecule has 1 atom stereocenters. The molecule has 35 heavy (non-hydrogen) atoms. The number of hydrogen-bond acceptors (Lipinski definition) is 10. The molecule has 1 heterocycles. The summed E-state index contributed by atoms with van der Waals surface area (Å²) in [5.74, 6) is 1.27. The van der Waals surface area contributed by atoms with E-state index in [1.807, 2.05) is 6.07 Å². The molecule has 2 rings (SSSR count). The summed E-state index contributed by atoms with van der Waals surface area (Å²) in [6.07, 6.45) is 3.53. The van der Waals surface area contributed by atoms with Crippen LogP contribution < -0.4 is 41.9 Å². The zero-order valence-corrected chi connectivity index (χ0v) is 22.0. The van der Waals surface area contributed by atoms with Crippen molar-refractivity contribution in [1.82, 2.24) is 0 Å². The van der Waals surface area contributed by atoms with Crippen LogP contribution in [0.2, 0.25) is 0 Å². The molecule has 1 aromatic carbocycles. The largest absolute Gasteiger partial charge is 0.495 e. The minimum Gasteiger partial charge on any atom is -0.495 e. The number of nitrogens with two attached hydrogens (primary N) is 4. The number of thiophene rings is 1. The van der Waals surface area contributed by atoms with Crippen LogP contribution in [-0.2, 0) is 11.2 Å². The van der Waals surface area contributed by atoms with Gasteiger partial charge < -0.3 is 41.9 Å². The Hall–Kier alpha value is -3.17. The standard InChI is InChI=1S/C18H20N2O4S.C5H13N3O.ClH/c1-21-14-6-5-11(8-13(14)20)7-12(10-19)9-15-16(22-2)17(23-3)18(24-4)25-15;6-3-1-2-4(7)5(8)9;/h5-8H,9,20H2,1-4H3;4H,1-3,6-7H2,(H2,8,9);1H/t;4-;/m.0./s1. The zero-order chi connectivity index (χ0) is 25.7. The number of nitrogen functional groups attached to an aromatic ring is 1. The van der Waals surface area contributed by atoms with Gasteiger partial charge in [0.1, 0.15) is 5.75 Å². The van der Waals surface area contributed by atoms with Crippen molar-refractivity contribution in [2.24, 2.45) is 17.2 Å². The summed E-state index contributed by atoms with van der Waals surface area (Å²) in [4.78, 5) is 11.1. The highest BCUT2D eigenvalue weighted by Crippen LogP contribution is 2.48. The first kappa shape index (κ1) is 31.8. The number of amides is 1. The second-order valence-corrected chi connectivity index (χ2v) is 8.05. The van der Waals surface area contributed by atoms with Gasteiger partial charge in [0.05, 0.1) is 51.1 Å². The van der Waals surface area contributed by atoms with Gasteiger partial charge in [-0.3, -0.25) is 4.79 Å². The van der Waals surface area contributed by atoms with E-state index in [0.29, 0.717) is 53.0 Å². The summed E-state index contributed by atoms with van der Waals surface area (Å²) in [6.45, 7) is 0.557. The van der Waals surface area contributed by atoms with Gasteiger partial charge in [-0.05, 0) is 43.2 Å². The number of rotatable bonds is 11. The highest BCUT2D eigenvalue weighted by Gasteiger charge is 2.21. The first-order valence-corrected chi connectivity index (χ1v) is 11.1. The monoisotopic (exact) mass is 527 g/mol. The third-order valence-electron chi connectivity index (χ3n) is 4.63. The molecule has 0 fully saturated rings. The third kappa shape index (κ3) is 9.54. The Bertz CT molecular complexity index is 1020. The Morgan fingerprint density at radius 1 is 1.14 bits per heavy atom. The highest BCUT2D eigenvalue weighted by atomic mass is 35.5. The van der Waals surface area contributed by atoms with Crippen LogP contribution in [0.3, 0.4) is 0 Å². The van der Waals surface area contributed by atoms with Crippen LogP contribution in [0.1, 0.15) is 23.3 Å². The molecule has 0 aliphatic rings. The molecule has 0 aliphatic carbocycles. The van der Waals surface area contributed by atoms with E-state index >= 15 is 0 Å². The molecule has 0 aliphatic heterocycles. The van der Waals surface area contributed by atoms with Crippen molar-refractivity contribution in [3.05, 3.63) is 34.2 Å². The summed E-state index contributed by atoms with van der Waals surface area (Å²) >= 11 is 1.39. The molecular formula is C23H34ClN5O5S. The van der Waals surface area contributed by atoms with Crippen molar-refractivity contribution in [1.29, 1.82) is 5.26 Å². The number of carbonyl (C=O) groups excluding carboxylic acids is 1. The quantitative estimate of drug-likeness (QED) is 0.252. The van der Waals surface area contributed by atoms with E-state index in [0.717, 1.165) is 16.9 Å². The summed E-state index contributed by atoms with van der Waals surface area (Å²) in [5, 5.41) is 10.1. The Labute approximate surface area is 216 Å². The Morgan fingerprint density at radius 3 is 2.26 bits per heavy atom. The number of primary amides is 1. The van der Waals surface area contributed by atoms with Gasteiger partial charge in [0.2, 0.25) is 16.7 Å². The predicted octanol–water partition coefficient (Wildman–Crippen LogP) is 2.47. The van der Waals surface area contributed by atoms with Crippen LogP contribution in [0.5, 0.6) is 22.3 Å². The van der Waals surface area contributed by atoms with Gasteiger partial charge in [0.25, 0.3) is 0 Å². The molecule has 0 spiro atoms. The van der Waals surface area contributed by atoms with Gasteiger partial charge >= 0.3 is 0 Å². The van der Waals surface area contributed by atoms with Crippen molar-refractivity contribution in [2.45, 2.75) is 25.3 Å². The maximum atomic E-state index is 10.3. The molecule has 2 aromatic rings. The van der Waals surface area contributed by atoms with Gasteiger partial charge in [-0.1, -0.05) is 17.4 Å². The first-order valence-electron chi connectivity index (χ1n) is 10.3. The van der Waals surface area contributed by atoms with E-state index in [1.165, 1.54) is 11.3 Å². The van der Waals surface area contributed by atoms with Crippen LogP contribution in [0.4, 0.5) is 5.69 Å². The molecule has 1 amide bonds. The Morgan fingerprint density at radius 2 is 1.80 bits per heavy atom. The number of hydrogen-bond donors (Lipinski definition) is 4. The van der Waals surface area contributed by atoms with Gasteiger partial charge in [-0.15, -0.1) is 12.4 Å². The number of halogens is 1. The van der Waals surface area contributed by atoms with Crippen molar-refractivity contribution < 1.29 is 23.7 Å². The summed E-state index contributed by atoms with van der Waals surface area (Å²) in [7, 11) is 6.25. The number of nitriles is 1. The fourth-order valence-electron chi connectivity index (χ4n) is 2.88. The molecule has 1 aromatic heterocycles. The van der Waals surface area contributed by atoms with Crippen molar-refractivity contribution >= 4 is 41.4 Å². The number of anilines is 1. The van der Waals surface area contributed by atoms with Crippen LogP contribution in [0.15, 0.2) is 23.8 Å². The number of methoxy groups -OCH3 is 4. The minimum atomic E-state index is -0.520. The lowest BCUT2D eigenvalue weighted by atomic mass is 10.1. The first-order chi connectivity index (χ1) is 16.3. The lowest BCUT2D eigenvalue weighted by Gasteiger charge is -2.06. The van der Waals surface area contributed by atoms with Crippen LogP contribution in [-0.4, -0.2) is 46.9 Å². The zero-order valence-electron chi connectivity index (χ0n) is 20.3. The number of nitrogens with zero attached hydrogens (tertiary/aromatic N) is 1. The topological polar surface area (TPSA) is 182 Å². The fraction of sp³-hybridized carbons (Fsp3) is 0.391. The molecule has 12 heteroatoms. The average molecular weight is 528 g/mol. The second-order valence-electron chi connectivity index (χ2n) is 6.98. The molecule has 194 valence electrons. The van der Waals surface area contributed by atoms with Gasteiger partial charge in [-0.2, -0.15) is 5.26 Å². The molecule has 8 N–H and O–H groups in total. The smallest absolute Gasteiger partial charge is 0.234 e. The normalized spacial score (nSPS) is 11.2. The fourth-order valence-corrected chi connectivity index (χ4v) is 3.95. The molecule has 0 unspecified atom stereocenters. The van der Waals surface area contributed by atoms with Crippen molar-refractivity contribution in [2.75, 3.05) is 40.7 Å². The van der Waals surface area contributed by atoms with Gasteiger partial charge in [-0.25, -0.2) is 0 Å². The summed E-state index contributed by atoms with van der Waals surface area (Å²) in [5.41, 5.74) is 23.1. The van der Waals surface area contributed by atoms with E-state index in [9.17, 15) is 10.1 Å². The van der Waals surface area contributed by atoms with Gasteiger partial charge in [0, 0.05) is 12.0 Å². The van der Waals surface area contributed by atoms with Crippen LogP contribution >= 0.6 is 23.7 Å².